The first-order valence-electron chi connectivity index (χ1n) is 3.02. The lowest BCUT2D eigenvalue weighted by molar-refractivity contribution is -0.137. The Morgan fingerprint density at radius 2 is 2.08 bits per heavy atom. The van der Waals surface area contributed by atoms with Crippen LogP contribution in [0.25, 0.3) is 0 Å². The summed E-state index contributed by atoms with van der Waals surface area (Å²) < 4.78 is 10.2. The summed E-state index contributed by atoms with van der Waals surface area (Å²) in [7, 11) is -4.09. The van der Waals surface area contributed by atoms with Crippen molar-refractivity contribution in [3.63, 3.8) is 0 Å². The average Bonchev–Trinajstić information content (AvgIpc) is 1.84. The summed E-state index contributed by atoms with van der Waals surface area (Å²) in [4.78, 5) is 26.8. The maximum absolute atomic E-state index is 10.2. The number of nitrogens with two attached hydrogens (primary N) is 1. The molecule has 70 valence electrons. The smallest absolute Gasteiger partial charge is 0.329 e. The molecule has 0 fully saturated rings. The molecule has 7 heteroatoms. The minimum absolute atomic E-state index is 0.492. The molecule has 0 radical (unpaired) electrons. The van der Waals surface area contributed by atoms with Crippen LogP contribution >= 0.6 is 7.60 Å². The van der Waals surface area contributed by atoms with Gasteiger partial charge < -0.3 is 20.6 Å². The summed E-state index contributed by atoms with van der Waals surface area (Å²) in [6, 6.07) is -1.21. The number of carbonyl (C=O) groups is 1. The molecule has 0 heterocycles. The van der Waals surface area contributed by atoms with Crippen LogP contribution in [0.15, 0.2) is 12.2 Å². The van der Waals surface area contributed by atoms with Crippen molar-refractivity contribution in [3.05, 3.63) is 12.2 Å². The molecule has 1 atom stereocenters. The second-order valence-electron chi connectivity index (χ2n) is 2.14. The molecule has 0 aromatic carbocycles. The molecule has 5 N–H and O–H groups in total. The summed E-state index contributed by atoms with van der Waals surface area (Å²) in [5.74, 6) is -1.24. The van der Waals surface area contributed by atoms with Gasteiger partial charge >= 0.3 is 13.6 Å². The van der Waals surface area contributed by atoms with Gasteiger partial charge in [0.1, 0.15) is 6.04 Å². The first kappa shape index (κ1) is 11.3. The SMILES string of the molecule is NC(/C=C\CP(=O)(O)O)C(=O)O. The third-order valence-corrected chi connectivity index (χ3v) is 1.66. The van der Waals surface area contributed by atoms with Crippen LogP contribution in [0.2, 0.25) is 0 Å². The number of allylic oxidation sites excluding steroid dienone is 1. The van der Waals surface area contributed by atoms with E-state index in [4.69, 9.17) is 20.6 Å². The molecular formula is C5H10NO5P. The van der Waals surface area contributed by atoms with Gasteiger partial charge in [0.15, 0.2) is 0 Å². The molecule has 0 aliphatic carbocycles. The first-order valence-corrected chi connectivity index (χ1v) is 4.82. The van der Waals surface area contributed by atoms with E-state index in [0.717, 1.165) is 12.2 Å². The third kappa shape index (κ3) is 6.06. The second-order valence-corrected chi connectivity index (χ2v) is 3.83. The number of carboxylic acid groups (broad SMARTS) is 1. The van der Waals surface area contributed by atoms with Crippen molar-refractivity contribution in [2.45, 2.75) is 6.04 Å². The van der Waals surface area contributed by atoms with Crippen molar-refractivity contribution >= 4 is 13.6 Å². The summed E-state index contributed by atoms with van der Waals surface area (Å²) in [6.45, 7) is 0. The standard InChI is InChI=1S/C5H10NO5P/c6-4(5(7)8)2-1-3-12(9,10)11/h1-2,4H,3,6H2,(H,7,8)(H2,9,10,11)/b2-1-. The second kappa shape index (κ2) is 4.37. The Hall–Kier alpha value is -0.680. The van der Waals surface area contributed by atoms with E-state index in [-0.39, 0.29) is 0 Å². The zero-order valence-electron chi connectivity index (χ0n) is 6.12. The van der Waals surface area contributed by atoms with Crippen LogP contribution in [0.1, 0.15) is 0 Å². The third-order valence-electron chi connectivity index (χ3n) is 0.972. The maximum atomic E-state index is 10.2. The summed E-state index contributed by atoms with van der Waals surface area (Å²) in [6.07, 6.45) is 1.59. The average molecular weight is 195 g/mol. The first-order chi connectivity index (χ1) is 5.33. The van der Waals surface area contributed by atoms with E-state index in [2.05, 4.69) is 0 Å². The van der Waals surface area contributed by atoms with Crippen molar-refractivity contribution in [1.29, 1.82) is 0 Å². The van der Waals surface area contributed by atoms with Gasteiger partial charge in [0.25, 0.3) is 0 Å². The molecule has 0 saturated carbocycles. The predicted octanol–water partition coefficient (Wildman–Crippen LogP) is -0.868. The largest absolute Gasteiger partial charge is 0.480 e. The highest BCUT2D eigenvalue weighted by Gasteiger charge is 2.10. The van der Waals surface area contributed by atoms with E-state index in [1.807, 2.05) is 0 Å². The van der Waals surface area contributed by atoms with E-state index in [1.165, 1.54) is 0 Å². The monoisotopic (exact) mass is 195 g/mol. The molecule has 1 unspecified atom stereocenters. The molecular weight excluding hydrogens is 185 g/mol. The lowest BCUT2D eigenvalue weighted by atomic mass is 10.3. The zero-order valence-corrected chi connectivity index (χ0v) is 7.02. The molecule has 0 aromatic rings. The van der Waals surface area contributed by atoms with Crippen molar-refractivity contribution in [2.24, 2.45) is 5.73 Å². The highest BCUT2D eigenvalue weighted by molar-refractivity contribution is 7.51. The normalized spacial score (nSPS) is 14.9. The van der Waals surface area contributed by atoms with E-state index in [0.29, 0.717) is 0 Å². The van der Waals surface area contributed by atoms with Crippen LogP contribution in [0, 0.1) is 0 Å². The summed E-state index contributed by atoms with van der Waals surface area (Å²) in [5, 5.41) is 8.24. The number of aliphatic carboxylic acids is 1. The van der Waals surface area contributed by atoms with Gasteiger partial charge in [-0.1, -0.05) is 12.2 Å². The van der Waals surface area contributed by atoms with Crippen LogP contribution in [-0.2, 0) is 9.36 Å². The van der Waals surface area contributed by atoms with Crippen LogP contribution < -0.4 is 5.73 Å². The quantitative estimate of drug-likeness (QED) is 0.342. The Balaban J connectivity index is 3.93. The van der Waals surface area contributed by atoms with Crippen molar-refractivity contribution in [2.75, 3.05) is 6.16 Å². The minimum Gasteiger partial charge on any atom is -0.480 e. The highest BCUT2D eigenvalue weighted by atomic mass is 31.2. The molecule has 12 heavy (non-hydrogen) atoms. The van der Waals surface area contributed by atoms with Gasteiger partial charge in [0.2, 0.25) is 0 Å². The number of hydrogen-bond acceptors (Lipinski definition) is 3. The van der Waals surface area contributed by atoms with Gasteiger partial charge in [-0.3, -0.25) is 9.36 Å². The van der Waals surface area contributed by atoms with Crippen molar-refractivity contribution in [3.8, 4) is 0 Å². The molecule has 0 amide bonds. The van der Waals surface area contributed by atoms with E-state index < -0.39 is 25.8 Å². The van der Waals surface area contributed by atoms with Gasteiger partial charge in [0.05, 0.1) is 6.16 Å². The molecule has 0 bridgehead atoms. The molecule has 0 rings (SSSR count). The highest BCUT2D eigenvalue weighted by Crippen LogP contribution is 2.33. The van der Waals surface area contributed by atoms with E-state index in [1.54, 1.807) is 0 Å². The van der Waals surface area contributed by atoms with E-state index in [9.17, 15) is 9.36 Å². The minimum atomic E-state index is -4.09. The molecule has 0 aromatic heterocycles. The Bertz CT molecular complexity index is 232. The topological polar surface area (TPSA) is 121 Å². The van der Waals surface area contributed by atoms with Crippen molar-refractivity contribution < 1.29 is 24.3 Å². The van der Waals surface area contributed by atoms with Gasteiger partial charge in [-0.05, 0) is 0 Å². The predicted molar refractivity (Wildman–Crippen MR) is 41.7 cm³/mol. The number of rotatable bonds is 4. The number of carboxylic acids is 1. The zero-order chi connectivity index (χ0) is 9.78. The van der Waals surface area contributed by atoms with E-state index >= 15 is 0 Å². The van der Waals surface area contributed by atoms with Crippen LogP contribution in [0.4, 0.5) is 0 Å². The van der Waals surface area contributed by atoms with Crippen LogP contribution in [-0.4, -0.2) is 33.1 Å². The summed E-state index contributed by atoms with van der Waals surface area (Å²) >= 11 is 0. The van der Waals surface area contributed by atoms with Gasteiger partial charge in [-0.2, -0.15) is 0 Å². The molecule has 0 aliphatic rings. The fourth-order valence-electron chi connectivity index (χ4n) is 0.427. The number of hydrogen-bond donors (Lipinski definition) is 4. The lowest BCUT2D eigenvalue weighted by Gasteiger charge is -1.99. The van der Waals surface area contributed by atoms with Gasteiger partial charge in [-0.25, -0.2) is 0 Å². The summed E-state index contributed by atoms with van der Waals surface area (Å²) in [5.41, 5.74) is 5.01. The Morgan fingerprint density at radius 3 is 2.42 bits per heavy atom. The van der Waals surface area contributed by atoms with Gasteiger partial charge in [0, 0.05) is 0 Å². The molecule has 0 saturated heterocycles. The fourth-order valence-corrected chi connectivity index (χ4v) is 0.823. The lowest BCUT2D eigenvalue weighted by Crippen LogP contribution is -2.27. The molecule has 6 nitrogen and oxygen atoms in total. The Kier molecular flexibility index (Phi) is 4.12. The fraction of sp³-hybridized carbons (Fsp3) is 0.400. The Morgan fingerprint density at radius 1 is 1.58 bits per heavy atom. The van der Waals surface area contributed by atoms with Crippen LogP contribution in [0.3, 0.4) is 0 Å². The van der Waals surface area contributed by atoms with Crippen molar-refractivity contribution in [1.82, 2.24) is 0 Å². The molecule has 0 aliphatic heterocycles. The molecule has 0 spiro atoms. The van der Waals surface area contributed by atoms with Gasteiger partial charge in [-0.15, -0.1) is 0 Å². The van der Waals surface area contributed by atoms with Crippen LogP contribution in [0.5, 0.6) is 0 Å². The Labute approximate surface area is 68.9 Å². The maximum Gasteiger partial charge on any atom is 0.329 e.